The molecule has 0 aromatic heterocycles. The van der Waals surface area contributed by atoms with Crippen LogP contribution in [0.25, 0.3) is 0 Å². The van der Waals surface area contributed by atoms with Gasteiger partial charge in [0.15, 0.2) is 17.1 Å². The maximum absolute atomic E-state index is 14.2. The number of rotatable bonds is 2. The highest BCUT2D eigenvalue weighted by Gasteiger charge is 2.76. The third-order valence-corrected chi connectivity index (χ3v) is 7.98. The highest BCUT2D eigenvalue weighted by molar-refractivity contribution is 6.42. The molecule has 0 bridgehead atoms. The van der Waals surface area contributed by atoms with Crippen LogP contribution in [0.2, 0.25) is 10.0 Å². The standard InChI is InChI=1S/C27H17Cl2NO5/c1-13-6-8-14(9-7-13)22-20-21(26(34)35-25(20)33)27(30(22)15-10-11-18(28)19(29)12-15)23(31)16-4-2-3-5-17(16)24(27)32/h2-12,20-22H,1H3/t20-,21-,22+/m1/s1. The summed E-state index contributed by atoms with van der Waals surface area (Å²) < 4.78 is 5.06. The van der Waals surface area contributed by atoms with Crippen LogP contribution in [-0.4, -0.2) is 29.0 Å². The summed E-state index contributed by atoms with van der Waals surface area (Å²) >= 11 is 12.5. The van der Waals surface area contributed by atoms with Gasteiger partial charge in [-0.25, -0.2) is 0 Å². The number of ether oxygens (including phenoxy) is 1. The van der Waals surface area contributed by atoms with Gasteiger partial charge >= 0.3 is 11.9 Å². The molecule has 2 saturated heterocycles. The minimum Gasteiger partial charge on any atom is -0.393 e. The highest BCUT2D eigenvalue weighted by atomic mass is 35.5. The molecule has 2 heterocycles. The number of nitrogens with zero attached hydrogens (tertiary/aromatic N) is 1. The van der Waals surface area contributed by atoms with Crippen LogP contribution in [0.3, 0.4) is 0 Å². The van der Waals surface area contributed by atoms with Crippen molar-refractivity contribution in [2.75, 3.05) is 4.90 Å². The fourth-order valence-electron chi connectivity index (χ4n) is 5.80. The number of halogens is 2. The first-order valence-electron chi connectivity index (χ1n) is 11.0. The van der Waals surface area contributed by atoms with Crippen LogP contribution in [0.15, 0.2) is 66.7 Å². The predicted molar refractivity (Wildman–Crippen MR) is 129 cm³/mol. The first kappa shape index (κ1) is 22.0. The number of hydrogen-bond donors (Lipinski definition) is 0. The third kappa shape index (κ3) is 2.78. The van der Waals surface area contributed by atoms with E-state index in [1.165, 1.54) is 0 Å². The van der Waals surface area contributed by atoms with Crippen molar-refractivity contribution in [3.8, 4) is 0 Å². The number of carbonyl (C=O) groups excluding carboxylic acids is 4. The summed E-state index contributed by atoms with van der Waals surface area (Å²) in [5.41, 5.74) is 0.469. The van der Waals surface area contributed by atoms with Gasteiger partial charge in [0.05, 0.1) is 22.0 Å². The van der Waals surface area contributed by atoms with Crippen molar-refractivity contribution in [2.45, 2.75) is 18.5 Å². The lowest BCUT2D eigenvalue weighted by Gasteiger charge is -2.39. The summed E-state index contributed by atoms with van der Waals surface area (Å²) in [6, 6.07) is 17.8. The van der Waals surface area contributed by atoms with Gasteiger partial charge in [-0.2, -0.15) is 0 Å². The van der Waals surface area contributed by atoms with E-state index in [1.807, 2.05) is 31.2 Å². The number of ketones is 2. The number of esters is 2. The van der Waals surface area contributed by atoms with Gasteiger partial charge in [0, 0.05) is 16.8 Å². The molecule has 0 unspecified atom stereocenters. The van der Waals surface area contributed by atoms with E-state index in [4.69, 9.17) is 27.9 Å². The van der Waals surface area contributed by atoms with Gasteiger partial charge in [0.1, 0.15) is 5.92 Å². The monoisotopic (exact) mass is 505 g/mol. The van der Waals surface area contributed by atoms with Gasteiger partial charge < -0.3 is 9.64 Å². The van der Waals surface area contributed by atoms with Crippen LogP contribution in [-0.2, 0) is 14.3 Å². The Hall–Kier alpha value is -3.48. The van der Waals surface area contributed by atoms with E-state index in [9.17, 15) is 19.2 Å². The number of anilines is 1. The molecule has 8 heteroatoms. The Morgan fingerprint density at radius 1 is 0.800 bits per heavy atom. The second-order valence-electron chi connectivity index (χ2n) is 9.04. The molecule has 3 aromatic carbocycles. The van der Waals surface area contributed by atoms with Crippen LogP contribution < -0.4 is 4.90 Å². The van der Waals surface area contributed by atoms with Gasteiger partial charge in [-0.3, -0.25) is 19.2 Å². The average molecular weight is 506 g/mol. The second kappa shape index (κ2) is 7.51. The Balaban J connectivity index is 1.69. The normalized spacial score (nSPS) is 24.2. The summed E-state index contributed by atoms with van der Waals surface area (Å²) in [5.74, 6) is -5.11. The van der Waals surface area contributed by atoms with Crippen molar-refractivity contribution in [1.29, 1.82) is 0 Å². The molecule has 6 nitrogen and oxygen atoms in total. The summed E-state index contributed by atoms with van der Waals surface area (Å²) in [7, 11) is 0. The van der Waals surface area contributed by atoms with E-state index in [0.717, 1.165) is 5.56 Å². The predicted octanol–water partition coefficient (Wildman–Crippen LogP) is 5.00. The molecule has 3 atom stereocenters. The zero-order valence-electron chi connectivity index (χ0n) is 18.3. The minimum absolute atomic E-state index is 0.206. The van der Waals surface area contributed by atoms with Crippen molar-refractivity contribution in [3.05, 3.63) is 99.0 Å². The molecule has 2 fully saturated rings. The Morgan fingerprint density at radius 3 is 2.03 bits per heavy atom. The minimum atomic E-state index is -2.00. The maximum Gasteiger partial charge on any atom is 0.320 e. The van der Waals surface area contributed by atoms with Crippen LogP contribution >= 0.6 is 23.2 Å². The molecule has 0 saturated carbocycles. The number of hydrogen-bond acceptors (Lipinski definition) is 6. The molecule has 1 spiro atoms. The first-order chi connectivity index (χ1) is 16.8. The third-order valence-electron chi connectivity index (χ3n) is 7.24. The second-order valence-corrected chi connectivity index (χ2v) is 9.85. The Kier molecular flexibility index (Phi) is 4.72. The van der Waals surface area contributed by atoms with Crippen molar-refractivity contribution in [3.63, 3.8) is 0 Å². The van der Waals surface area contributed by atoms with Gasteiger partial charge in [0.2, 0.25) is 0 Å². The first-order valence-corrected chi connectivity index (χ1v) is 11.8. The largest absolute Gasteiger partial charge is 0.393 e. The molecule has 0 radical (unpaired) electrons. The Labute approximate surface area is 210 Å². The molecule has 3 aromatic rings. The smallest absolute Gasteiger partial charge is 0.320 e. The lowest BCUT2D eigenvalue weighted by molar-refractivity contribution is -0.154. The van der Waals surface area contributed by atoms with Gasteiger partial charge in [0.25, 0.3) is 0 Å². The SMILES string of the molecule is Cc1ccc([C@H]2[C@@H]3C(=O)OC(=O)[C@@H]3C3(C(=O)c4ccccc4C3=O)N2c2ccc(Cl)c(Cl)c2)cc1. The number of fused-ring (bicyclic) bond motifs is 3. The number of carbonyl (C=O) groups is 4. The summed E-state index contributed by atoms with van der Waals surface area (Å²) in [6.07, 6.45) is 0. The number of Topliss-reactive ketones (excluding diaryl/α,β-unsaturated/α-hetero) is 2. The topological polar surface area (TPSA) is 80.8 Å². The van der Waals surface area contributed by atoms with E-state index in [1.54, 1.807) is 47.4 Å². The fraction of sp³-hybridized carbons (Fsp3) is 0.185. The van der Waals surface area contributed by atoms with Crippen molar-refractivity contribution in [1.82, 2.24) is 0 Å². The number of aryl methyl sites for hydroxylation is 1. The van der Waals surface area contributed by atoms with Crippen LogP contribution in [0.4, 0.5) is 5.69 Å². The molecule has 3 aliphatic rings. The molecule has 0 amide bonds. The summed E-state index contributed by atoms with van der Waals surface area (Å²) in [4.78, 5) is 56.2. The zero-order valence-corrected chi connectivity index (χ0v) is 19.8. The number of cyclic esters (lactones) is 2. The molecule has 0 N–H and O–H groups in total. The van der Waals surface area contributed by atoms with Crippen molar-refractivity contribution >= 4 is 52.4 Å². The van der Waals surface area contributed by atoms with Crippen LogP contribution in [0.1, 0.15) is 37.9 Å². The van der Waals surface area contributed by atoms with E-state index in [0.29, 0.717) is 16.3 Å². The Bertz CT molecular complexity index is 1430. The molecular weight excluding hydrogens is 489 g/mol. The van der Waals surface area contributed by atoms with Crippen LogP contribution in [0.5, 0.6) is 0 Å². The van der Waals surface area contributed by atoms with Gasteiger partial charge in [-0.1, -0.05) is 77.3 Å². The lowest BCUT2D eigenvalue weighted by atomic mass is 9.76. The Morgan fingerprint density at radius 2 is 1.43 bits per heavy atom. The average Bonchev–Trinajstić information content (AvgIpc) is 3.40. The van der Waals surface area contributed by atoms with E-state index in [-0.39, 0.29) is 16.1 Å². The van der Waals surface area contributed by atoms with E-state index in [2.05, 4.69) is 0 Å². The van der Waals surface area contributed by atoms with Crippen LogP contribution in [0, 0.1) is 18.8 Å². The zero-order chi connectivity index (χ0) is 24.6. The highest BCUT2D eigenvalue weighted by Crippen LogP contribution is 2.60. The van der Waals surface area contributed by atoms with E-state index < -0.39 is 46.9 Å². The number of benzene rings is 3. The molecular formula is C27H17Cl2NO5. The summed E-state index contributed by atoms with van der Waals surface area (Å²) in [6.45, 7) is 1.92. The van der Waals surface area contributed by atoms with E-state index >= 15 is 0 Å². The van der Waals surface area contributed by atoms with Crippen molar-refractivity contribution in [2.24, 2.45) is 11.8 Å². The molecule has 35 heavy (non-hydrogen) atoms. The molecule has 1 aliphatic carbocycles. The summed E-state index contributed by atoms with van der Waals surface area (Å²) in [5, 5.41) is 0.502. The fourth-order valence-corrected chi connectivity index (χ4v) is 6.09. The molecule has 2 aliphatic heterocycles. The van der Waals surface area contributed by atoms with Crippen molar-refractivity contribution < 1.29 is 23.9 Å². The quantitative estimate of drug-likeness (QED) is 0.360. The lowest BCUT2D eigenvalue weighted by Crippen LogP contribution is -2.59. The molecule has 6 rings (SSSR count). The molecule has 174 valence electrons. The van der Waals surface area contributed by atoms with Gasteiger partial charge in [-0.05, 0) is 30.7 Å². The van der Waals surface area contributed by atoms with Gasteiger partial charge in [-0.15, -0.1) is 0 Å². The maximum atomic E-state index is 14.2.